The fourth-order valence-corrected chi connectivity index (χ4v) is 1.91. The van der Waals surface area contributed by atoms with E-state index in [9.17, 15) is 5.11 Å². The van der Waals surface area contributed by atoms with Gasteiger partial charge in [0.1, 0.15) is 5.75 Å². The largest absolute Gasteiger partial charge is 0.508 e. The van der Waals surface area contributed by atoms with E-state index < -0.39 is 0 Å². The number of anilines is 1. The molecule has 13 heavy (non-hydrogen) atoms. The van der Waals surface area contributed by atoms with Crippen molar-refractivity contribution >= 4 is 5.69 Å². The molecular formula is C11H15NO. The van der Waals surface area contributed by atoms with E-state index in [0.29, 0.717) is 5.75 Å². The Morgan fingerprint density at radius 1 is 1.38 bits per heavy atom. The molecule has 2 N–H and O–H groups in total. The van der Waals surface area contributed by atoms with E-state index in [4.69, 9.17) is 0 Å². The van der Waals surface area contributed by atoms with Gasteiger partial charge in [0, 0.05) is 18.3 Å². The van der Waals surface area contributed by atoms with E-state index in [0.717, 1.165) is 18.7 Å². The van der Waals surface area contributed by atoms with Crippen LogP contribution >= 0.6 is 0 Å². The summed E-state index contributed by atoms with van der Waals surface area (Å²) in [6, 6.07) is 5.57. The fourth-order valence-electron chi connectivity index (χ4n) is 1.91. The number of phenolic OH excluding ortho intramolecular Hbond substituents is 1. The number of benzene rings is 1. The van der Waals surface area contributed by atoms with Crippen molar-refractivity contribution in [2.75, 3.05) is 11.9 Å². The third kappa shape index (κ3) is 1.37. The summed E-state index contributed by atoms with van der Waals surface area (Å²) in [6.45, 7) is 5.47. The molecule has 0 aliphatic carbocycles. The summed E-state index contributed by atoms with van der Waals surface area (Å²) in [5.74, 6) is 0.337. The number of phenols is 1. The molecule has 1 aliphatic rings. The van der Waals surface area contributed by atoms with Crippen LogP contribution < -0.4 is 5.32 Å². The van der Waals surface area contributed by atoms with Crippen LogP contribution in [0, 0.1) is 0 Å². The number of hydrogen-bond acceptors (Lipinski definition) is 2. The third-order valence-electron chi connectivity index (χ3n) is 2.80. The van der Waals surface area contributed by atoms with Crippen molar-refractivity contribution < 1.29 is 5.11 Å². The fraction of sp³-hybridized carbons (Fsp3) is 0.455. The van der Waals surface area contributed by atoms with Crippen molar-refractivity contribution in [1.82, 2.24) is 0 Å². The van der Waals surface area contributed by atoms with E-state index in [1.54, 1.807) is 12.1 Å². The number of hydrogen-bond donors (Lipinski definition) is 2. The van der Waals surface area contributed by atoms with E-state index in [1.165, 1.54) is 5.56 Å². The highest BCUT2D eigenvalue weighted by Crippen LogP contribution is 2.37. The van der Waals surface area contributed by atoms with Crippen LogP contribution in [-0.4, -0.2) is 11.7 Å². The molecule has 0 saturated heterocycles. The minimum Gasteiger partial charge on any atom is -0.508 e. The van der Waals surface area contributed by atoms with Gasteiger partial charge in [-0.1, -0.05) is 19.9 Å². The van der Waals surface area contributed by atoms with E-state index in [-0.39, 0.29) is 5.41 Å². The first kappa shape index (κ1) is 8.42. The summed E-state index contributed by atoms with van der Waals surface area (Å²) < 4.78 is 0. The molecule has 0 amide bonds. The van der Waals surface area contributed by atoms with Crippen LogP contribution in [0.4, 0.5) is 5.69 Å². The predicted octanol–water partition coefficient (Wildman–Crippen LogP) is 2.49. The summed E-state index contributed by atoms with van der Waals surface area (Å²) >= 11 is 0. The van der Waals surface area contributed by atoms with Crippen molar-refractivity contribution in [3.8, 4) is 5.75 Å². The Labute approximate surface area is 78.6 Å². The van der Waals surface area contributed by atoms with Gasteiger partial charge < -0.3 is 10.4 Å². The molecule has 0 saturated carbocycles. The van der Waals surface area contributed by atoms with Crippen molar-refractivity contribution in [3.63, 3.8) is 0 Å². The lowest BCUT2D eigenvalue weighted by Crippen LogP contribution is -2.27. The smallest absolute Gasteiger partial charge is 0.117 e. The summed E-state index contributed by atoms with van der Waals surface area (Å²) in [4.78, 5) is 0. The summed E-state index contributed by atoms with van der Waals surface area (Å²) in [5.41, 5.74) is 2.61. The van der Waals surface area contributed by atoms with Crippen LogP contribution in [0.25, 0.3) is 0 Å². The van der Waals surface area contributed by atoms with E-state index in [2.05, 4.69) is 19.2 Å². The second-order valence-corrected chi connectivity index (χ2v) is 4.29. The lowest BCUT2D eigenvalue weighted by molar-refractivity contribution is 0.465. The molecule has 2 rings (SSSR count). The molecule has 0 bridgehead atoms. The lowest BCUT2D eigenvalue weighted by Gasteiger charge is -2.33. The van der Waals surface area contributed by atoms with Gasteiger partial charge in [0.15, 0.2) is 0 Å². The van der Waals surface area contributed by atoms with Crippen molar-refractivity contribution in [1.29, 1.82) is 0 Å². The second kappa shape index (κ2) is 2.66. The Balaban J connectivity index is 2.53. The second-order valence-electron chi connectivity index (χ2n) is 4.29. The molecule has 2 heteroatoms. The maximum Gasteiger partial charge on any atom is 0.117 e. The molecule has 70 valence electrons. The van der Waals surface area contributed by atoms with Crippen molar-refractivity contribution in [2.45, 2.75) is 25.7 Å². The van der Waals surface area contributed by atoms with Gasteiger partial charge in [0.25, 0.3) is 0 Å². The average molecular weight is 177 g/mol. The molecule has 2 nitrogen and oxygen atoms in total. The molecule has 0 radical (unpaired) electrons. The normalized spacial score (nSPS) is 18.9. The Hall–Kier alpha value is -1.18. The highest BCUT2D eigenvalue weighted by atomic mass is 16.3. The molecule has 0 unspecified atom stereocenters. The van der Waals surface area contributed by atoms with Gasteiger partial charge in [-0.25, -0.2) is 0 Å². The summed E-state index contributed by atoms with van der Waals surface area (Å²) in [5, 5.41) is 12.6. The summed E-state index contributed by atoms with van der Waals surface area (Å²) in [7, 11) is 0. The number of rotatable bonds is 0. The van der Waals surface area contributed by atoms with Gasteiger partial charge in [-0.15, -0.1) is 0 Å². The Kier molecular flexibility index (Phi) is 1.72. The lowest BCUT2D eigenvalue weighted by atomic mass is 9.78. The molecular weight excluding hydrogens is 162 g/mol. The van der Waals surface area contributed by atoms with Crippen LogP contribution in [0.2, 0.25) is 0 Å². The number of aromatic hydroxyl groups is 1. The van der Waals surface area contributed by atoms with Gasteiger partial charge >= 0.3 is 0 Å². The zero-order chi connectivity index (χ0) is 9.47. The zero-order valence-corrected chi connectivity index (χ0v) is 8.09. The quantitative estimate of drug-likeness (QED) is 0.638. The Morgan fingerprint density at radius 3 is 2.92 bits per heavy atom. The molecule has 1 aliphatic heterocycles. The zero-order valence-electron chi connectivity index (χ0n) is 8.09. The molecule has 0 aromatic heterocycles. The van der Waals surface area contributed by atoms with Gasteiger partial charge in [0.05, 0.1) is 0 Å². The maximum absolute atomic E-state index is 9.32. The molecule has 0 spiro atoms. The van der Waals surface area contributed by atoms with Gasteiger partial charge in [-0.2, -0.15) is 0 Å². The van der Waals surface area contributed by atoms with E-state index >= 15 is 0 Å². The first-order valence-electron chi connectivity index (χ1n) is 4.67. The highest BCUT2D eigenvalue weighted by Gasteiger charge is 2.26. The van der Waals surface area contributed by atoms with Crippen molar-refractivity contribution in [3.05, 3.63) is 23.8 Å². The molecule has 1 aromatic rings. The van der Waals surface area contributed by atoms with Gasteiger partial charge in [-0.05, 0) is 23.5 Å². The highest BCUT2D eigenvalue weighted by molar-refractivity contribution is 5.59. The molecule has 1 aromatic carbocycles. The predicted molar refractivity (Wildman–Crippen MR) is 54.2 cm³/mol. The molecule has 0 fully saturated rings. The minimum atomic E-state index is 0.230. The van der Waals surface area contributed by atoms with Crippen LogP contribution in [0.3, 0.4) is 0 Å². The van der Waals surface area contributed by atoms with Crippen LogP contribution in [0.5, 0.6) is 5.75 Å². The van der Waals surface area contributed by atoms with Crippen molar-refractivity contribution in [2.24, 2.45) is 0 Å². The van der Waals surface area contributed by atoms with E-state index in [1.807, 2.05) is 6.07 Å². The summed E-state index contributed by atoms with van der Waals surface area (Å²) in [6.07, 6.45) is 1.14. The van der Waals surface area contributed by atoms with Crippen LogP contribution in [0.15, 0.2) is 18.2 Å². The maximum atomic E-state index is 9.32. The topological polar surface area (TPSA) is 32.3 Å². The molecule has 1 heterocycles. The Morgan fingerprint density at radius 2 is 2.15 bits per heavy atom. The SMILES string of the molecule is CC1(C)CCNc2cc(O)ccc21. The first-order valence-corrected chi connectivity index (χ1v) is 4.67. The van der Waals surface area contributed by atoms with Gasteiger partial charge in [0.2, 0.25) is 0 Å². The van der Waals surface area contributed by atoms with Crippen LogP contribution in [-0.2, 0) is 5.41 Å². The standard InChI is InChI=1S/C11H15NO/c1-11(2)5-6-12-10-7-8(13)3-4-9(10)11/h3-4,7,12-13H,5-6H2,1-2H3. The minimum absolute atomic E-state index is 0.230. The number of fused-ring (bicyclic) bond motifs is 1. The number of nitrogens with one attached hydrogen (secondary N) is 1. The monoisotopic (exact) mass is 177 g/mol. The third-order valence-corrected chi connectivity index (χ3v) is 2.80. The first-order chi connectivity index (χ1) is 6.09. The van der Waals surface area contributed by atoms with Crippen LogP contribution in [0.1, 0.15) is 25.8 Å². The Bertz CT molecular complexity index is 331. The molecule has 0 atom stereocenters. The van der Waals surface area contributed by atoms with Gasteiger partial charge in [-0.3, -0.25) is 0 Å². The average Bonchev–Trinajstić information content (AvgIpc) is 2.02.